The number of nitrogens with zero attached hydrogens (tertiary/aromatic N) is 1. The largest absolute Gasteiger partial charge is 0.497 e. The summed E-state index contributed by atoms with van der Waals surface area (Å²) < 4.78 is 18.2. The molecule has 2 aromatic carbocycles. The van der Waals surface area contributed by atoms with Crippen LogP contribution in [0, 0.1) is 15.9 Å². The number of hydrogen-bond acceptors (Lipinski definition) is 4. The summed E-state index contributed by atoms with van der Waals surface area (Å²) in [4.78, 5) is 10.3. The van der Waals surface area contributed by atoms with Gasteiger partial charge in [0.15, 0.2) is 0 Å². The lowest BCUT2D eigenvalue weighted by Crippen LogP contribution is -2.03. The Balaban J connectivity index is 2.13. The molecule has 0 saturated heterocycles. The second-order valence-electron chi connectivity index (χ2n) is 4.12. The maximum Gasteiger partial charge on any atom is 0.292 e. The average molecular weight is 276 g/mol. The lowest BCUT2D eigenvalue weighted by Gasteiger charge is -2.08. The van der Waals surface area contributed by atoms with E-state index in [0.29, 0.717) is 6.54 Å². The number of benzene rings is 2. The van der Waals surface area contributed by atoms with Crippen LogP contribution in [0.4, 0.5) is 15.8 Å². The monoisotopic (exact) mass is 276 g/mol. The Labute approximate surface area is 115 Å². The predicted molar refractivity (Wildman–Crippen MR) is 73.4 cm³/mol. The van der Waals surface area contributed by atoms with Gasteiger partial charge in [-0.15, -0.1) is 0 Å². The van der Waals surface area contributed by atoms with Gasteiger partial charge in [-0.2, -0.15) is 0 Å². The van der Waals surface area contributed by atoms with Gasteiger partial charge >= 0.3 is 0 Å². The number of methoxy groups -OCH3 is 1. The van der Waals surface area contributed by atoms with Crippen molar-refractivity contribution in [3.05, 3.63) is 64.0 Å². The van der Waals surface area contributed by atoms with E-state index >= 15 is 0 Å². The Hall–Kier alpha value is -2.63. The van der Waals surface area contributed by atoms with E-state index in [0.717, 1.165) is 29.5 Å². The summed E-state index contributed by atoms with van der Waals surface area (Å²) in [5.74, 6) is 0.207. The summed E-state index contributed by atoms with van der Waals surface area (Å²) in [5.41, 5.74) is 0.912. The minimum absolute atomic E-state index is 0.153. The molecule has 0 radical (unpaired) electrons. The number of nitro groups is 1. The Morgan fingerprint density at radius 2 is 1.95 bits per heavy atom. The third-order valence-corrected chi connectivity index (χ3v) is 2.80. The molecular weight excluding hydrogens is 263 g/mol. The van der Waals surface area contributed by atoms with Crippen molar-refractivity contribution in [2.45, 2.75) is 6.54 Å². The smallest absolute Gasteiger partial charge is 0.292 e. The molecule has 0 aliphatic carbocycles. The fourth-order valence-electron chi connectivity index (χ4n) is 1.75. The Kier molecular flexibility index (Phi) is 4.14. The molecule has 0 spiro atoms. The number of nitro benzene ring substituents is 1. The number of hydrogen-bond donors (Lipinski definition) is 1. The van der Waals surface area contributed by atoms with E-state index in [-0.39, 0.29) is 11.4 Å². The Morgan fingerprint density at radius 3 is 2.55 bits per heavy atom. The highest BCUT2D eigenvalue weighted by Gasteiger charge is 2.13. The molecule has 0 aliphatic heterocycles. The van der Waals surface area contributed by atoms with Crippen LogP contribution in [0.5, 0.6) is 5.75 Å². The van der Waals surface area contributed by atoms with Gasteiger partial charge in [0.25, 0.3) is 5.69 Å². The zero-order valence-electron chi connectivity index (χ0n) is 10.8. The molecule has 2 aromatic rings. The number of nitrogens with one attached hydrogen (secondary N) is 1. The molecule has 0 fully saturated rings. The topological polar surface area (TPSA) is 64.4 Å². The van der Waals surface area contributed by atoms with Crippen LogP contribution in [-0.4, -0.2) is 12.0 Å². The SMILES string of the molecule is COc1ccc(CNc2cc(F)ccc2[N+](=O)[O-])cc1. The summed E-state index contributed by atoms with van der Waals surface area (Å²) in [5, 5.41) is 13.7. The van der Waals surface area contributed by atoms with E-state index in [1.165, 1.54) is 0 Å². The first-order valence-electron chi connectivity index (χ1n) is 5.91. The molecule has 5 nitrogen and oxygen atoms in total. The van der Waals surface area contributed by atoms with Crippen LogP contribution in [0.3, 0.4) is 0 Å². The van der Waals surface area contributed by atoms with Gasteiger partial charge in [-0.05, 0) is 23.8 Å². The van der Waals surface area contributed by atoms with Gasteiger partial charge in [-0.25, -0.2) is 4.39 Å². The van der Waals surface area contributed by atoms with Gasteiger partial charge < -0.3 is 10.1 Å². The third kappa shape index (κ3) is 3.23. The van der Waals surface area contributed by atoms with Gasteiger partial charge in [0.2, 0.25) is 0 Å². The first kappa shape index (κ1) is 13.8. The van der Waals surface area contributed by atoms with Crippen LogP contribution in [0.2, 0.25) is 0 Å². The van der Waals surface area contributed by atoms with Gasteiger partial charge in [0.05, 0.1) is 12.0 Å². The molecule has 0 heterocycles. The number of rotatable bonds is 5. The minimum Gasteiger partial charge on any atom is -0.497 e. The quantitative estimate of drug-likeness (QED) is 0.671. The van der Waals surface area contributed by atoms with Crippen LogP contribution in [0.1, 0.15) is 5.56 Å². The van der Waals surface area contributed by atoms with Crippen LogP contribution in [0.25, 0.3) is 0 Å². The highest BCUT2D eigenvalue weighted by molar-refractivity contribution is 5.61. The first-order chi connectivity index (χ1) is 9.60. The minimum atomic E-state index is -0.546. The van der Waals surface area contributed by atoms with Crippen molar-refractivity contribution in [2.75, 3.05) is 12.4 Å². The first-order valence-corrected chi connectivity index (χ1v) is 5.91. The van der Waals surface area contributed by atoms with E-state index in [2.05, 4.69) is 5.32 Å². The molecule has 20 heavy (non-hydrogen) atoms. The fraction of sp³-hybridized carbons (Fsp3) is 0.143. The molecule has 0 aromatic heterocycles. The van der Waals surface area contributed by atoms with Crippen molar-refractivity contribution < 1.29 is 14.1 Å². The van der Waals surface area contributed by atoms with Crippen molar-refractivity contribution in [3.8, 4) is 5.75 Å². The predicted octanol–water partition coefficient (Wildman–Crippen LogP) is 3.35. The molecule has 0 unspecified atom stereocenters. The van der Waals surface area contributed by atoms with Crippen molar-refractivity contribution in [1.29, 1.82) is 0 Å². The van der Waals surface area contributed by atoms with Gasteiger partial charge in [-0.3, -0.25) is 10.1 Å². The highest BCUT2D eigenvalue weighted by Crippen LogP contribution is 2.25. The molecule has 0 saturated carbocycles. The summed E-state index contributed by atoms with van der Waals surface area (Å²) in [6, 6.07) is 10.6. The second kappa shape index (κ2) is 6.01. The van der Waals surface area contributed by atoms with E-state index in [4.69, 9.17) is 4.74 Å². The molecule has 2 rings (SSSR count). The average Bonchev–Trinajstić information content (AvgIpc) is 2.45. The molecule has 6 heteroatoms. The summed E-state index contributed by atoms with van der Waals surface area (Å²) >= 11 is 0. The number of halogens is 1. The van der Waals surface area contributed by atoms with E-state index in [1.54, 1.807) is 19.2 Å². The van der Waals surface area contributed by atoms with Crippen LogP contribution >= 0.6 is 0 Å². The van der Waals surface area contributed by atoms with E-state index in [1.807, 2.05) is 12.1 Å². The van der Waals surface area contributed by atoms with Crippen molar-refractivity contribution >= 4 is 11.4 Å². The van der Waals surface area contributed by atoms with E-state index < -0.39 is 10.7 Å². The summed E-state index contributed by atoms with van der Waals surface area (Å²) in [7, 11) is 1.57. The summed E-state index contributed by atoms with van der Waals surface area (Å²) in [6.45, 7) is 0.355. The fourth-order valence-corrected chi connectivity index (χ4v) is 1.75. The number of ether oxygens (including phenoxy) is 1. The molecule has 0 aliphatic rings. The molecule has 0 atom stereocenters. The van der Waals surface area contributed by atoms with Crippen molar-refractivity contribution in [1.82, 2.24) is 0 Å². The maximum absolute atomic E-state index is 13.2. The molecule has 1 N–H and O–H groups in total. The third-order valence-electron chi connectivity index (χ3n) is 2.80. The Morgan fingerprint density at radius 1 is 1.25 bits per heavy atom. The van der Waals surface area contributed by atoms with Crippen molar-refractivity contribution in [3.63, 3.8) is 0 Å². The zero-order valence-corrected chi connectivity index (χ0v) is 10.8. The lowest BCUT2D eigenvalue weighted by molar-refractivity contribution is -0.384. The Bertz CT molecular complexity index is 614. The van der Waals surface area contributed by atoms with Gasteiger partial charge in [0.1, 0.15) is 17.3 Å². The van der Waals surface area contributed by atoms with Gasteiger partial charge in [-0.1, -0.05) is 12.1 Å². The molecule has 0 amide bonds. The second-order valence-corrected chi connectivity index (χ2v) is 4.12. The van der Waals surface area contributed by atoms with Crippen LogP contribution in [0.15, 0.2) is 42.5 Å². The van der Waals surface area contributed by atoms with E-state index in [9.17, 15) is 14.5 Å². The van der Waals surface area contributed by atoms with Gasteiger partial charge in [0, 0.05) is 18.7 Å². The lowest BCUT2D eigenvalue weighted by atomic mass is 10.2. The molecule has 0 bridgehead atoms. The number of anilines is 1. The van der Waals surface area contributed by atoms with Crippen molar-refractivity contribution in [2.24, 2.45) is 0 Å². The summed E-state index contributed by atoms with van der Waals surface area (Å²) in [6.07, 6.45) is 0. The maximum atomic E-state index is 13.2. The molecule has 104 valence electrons. The zero-order chi connectivity index (χ0) is 14.5. The standard InChI is InChI=1S/C14H13FN2O3/c1-20-12-5-2-10(3-6-12)9-16-13-8-11(15)4-7-14(13)17(18)19/h2-8,16H,9H2,1H3. The molecular formula is C14H13FN2O3. The highest BCUT2D eigenvalue weighted by atomic mass is 19.1. The van der Waals surface area contributed by atoms with Crippen LogP contribution in [-0.2, 0) is 6.54 Å². The van der Waals surface area contributed by atoms with Crippen LogP contribution < -0.4 is 10.1 Å². The normalized spacial score (nSPS) is 10.1.